The highest BCUT2D eigenvalue weighted by Gasteiger charge is 2.43. The number of hydrogen-bond donors (Lipinski definition) is 1. The van der Waals surface area contributed by atoms with Crippen LogP contribution >= 0.6 is 15.9 Å². The van der Waals surface area contributed by atoms with Crippen molar-refractivity contribution in [2.24, 2.45) is 0 Å². The third-order valence-corrected chi connectivity index (χ3v) is 8.39. The maximum Gasteiger partial charge on any atom is 0.262 e. The molecule has 8 nitrogen and oxygen atoms in total. The minimum atomic E-state index is -0.457. The molecule has 0 spiro atoms. The summed E-state index contributed by atoms with van der Waals surface area (Å²) in [6, 6.07) is 10.9. The fourth-order valence-electron chi connectivity index (χ4n) is 6.16. The highest BCUT2D eigenvalue weighted by molar-refractivity contribution is 9.10. The Balaban J connectivity index is 1.50. The number of para-hydroxylation sites is 2. The van der Waals surface area contributed by atoms with Crippen LogP contribution in [0, 0.1) is 0 Å². The van der Waals surface area contributed by atoms with Crippen LogP contribution in [-0.2, 0) is 14.4 Å². The number of halogens is 1. The molecule has 0 aromatic heterocycles. The predicted molar refractivity (Wildman–Crippen MR) is 159 cm³/mol. The number of amides is 1. The molecule has 2 aromatic rings. The van der Waals surface area contributed by atoms with Gasteiger partial charge in [0.25, 0.3) is 5.91 Å². The lowest BCUT2D eigenvalue weighted by Crippen LogP contribution is -2.39. The van der Waals surface area contributed by atoms with E-state index in [1.54, 1.807) is 19.2 Å². The van der Waals surface area contributed by atoms with Crippen LogP contribution in [0.4, 0.5) is 5.69 Å². The number of carbonyl (C=O) groups is 3. The lowest BCUT2D eigenvalue weighted by Gasteiger charge is -2.43. The van der Waals surface area contributed by atoms with E-state index in [2.05, 4.69) is 33.1 Å². The highest BCUT2D eigenvalue weighted by atomic mass is 79.9. The van der Waals surface area contributed by atoms with Crippen LogP contribution in [0.3, 0.4) is 0 Å². The van der Waals surface area contributed by atoms with Crippen molar-refractivity contribution in [3.05, 3.63) is 69.0 Å². The largest absolute Gasteiger partial charge is 0.495 e. The predicted octanol–water partition coefficient (Wildman–Crippen LogP) is 6.31. The van der Waals surface area contributed by atoms with E-state index in [1.165, 1.54) is 0 Å². The van der Waals surface area contributed by atoms with Crippen LogP contribution in [0.5, 0.6) is 17.2 Å². The zero-order valence-corrected chi connectivity index (χ0v) is 25.3. The van der Waals surface area contributed by atoms with Crippen molar-refractivity contribution in [1.82, 2.24) is 4.90 Å². The summed E-state index contributed by atoms with van der Waals surface area (Å²) in [6.07, 6.45) is 4.22. The number of benzene rings is 2. The molecule has 2 aromatic carbocycles. The quantitative estimate of drug-likeness (QED) is 0.350. The fourth-order valence-corrected chi connectivity index (χ4v) is 6.74. The molecule has 0 radical (unpaired) electrons. The summed E-state index contributed by atoms with van der Waals surface area (Å²) in [5.74, 6) is 0.754. The van der Waals surface area contributed by atoms with Gasteiger partial charge < -0.3 is 24.4 Å². The molecule has 0 bridgehead atoms. The number of anilines is 1. The summed E-state index contributed by atoms with van der Waals surface area (Å²) in [7, 11) is 1.54. The third-order valence-electron chi connectivity index (χ3n) is 7.80. The molecule has 9 heteroatoms. The molecule has 0 saturated heterocycles. The number of carbonyl (C=O) groups excluding carboxylic acids is 3. The van der Waals surface area contributed by atoms with E-state index in [9.17, 15) is 14.4 Å². The van der Waals surface area contributed by atoms with E-state index in [1.807, 2.05) is 31.2 Å². The average molecular weight is 624 g/mol. The van der Waals surface area contributed by atoms with E-state index in [0.29, 0.717) is 46.9 Å². The van der Waals surface area contributed by atoms with E-state index in [-0.39, 0.29) is 24.1 Å². The second-order valence-corrected chi connectivity index (χ2v) is 11.1. The number of ketones is 2. The first-order valence-electron chi connectivity index (χ1n) is 14.2. The number of rotatable bonds is 9. The summed E-state index contributed by atoms with van der Waals surface area (Å²) in [5, 5.41) is 2.81. The molecule has 0 unspecified atom stereocenters. The fraction of sp³-hybridized carbons (Fsp3) is 0.406. The number of nitrogens with one attached hydrogen (secondary N) is 1. The van der Waals surface area contributed by atoms with Gasteiger partial charge in [-0.05, 0) is 85.3 Å². The molecule has 0 fully saturated rings. The van der Waals surface area contributed by atoms with Crippen LogP contribution in [0.1, 0.15) is 63.9 Å². The Bertz CT molecular complexity index is 1400. The van der Waals surface area contributed by atoms with Gasteiger partial charge in [-0.1, -0.05) is 12.1 Å². The smallest absolute Gasteiger partial charge is 0.262 e. The monoisotopic (exact) mass is 622 g/mol. The standard InChI is InChI=1S/C32H35BrN2O6/c1-4-35-22-11-8-13-24(36)30(22)29(31-23(35)12-9-14-25(31)37)19-16-20(33)32(27(17-19)40-5-2)41-18-28(38)34-21-10-6-7-15-26(21)39-3/h6-7,10,15-17,29H,4-5,8-9,11-14,18H2,1-3H3,(H,34,38). The Morgan fingerprint density at radius 3 is 2.22 bits per heavy atom. The van der Waals surface area contributed by atoms with E-state index in [4.69, 9.17) is 14.2 Å². The lowest BCUT2D eigenvalue weighted by molar-refractivity contribution is -0.118. The van der Waals surface area contributed by atoms with Crippen molar-refractivity contribution in [3.8, 4) is 17.2 Å². The Morgan fingerprint density at radius 2 is 1.61 bits per heavy atom. The SMILES string of the molecule is CCOc1cc(C2C3=C(CCCC3=O)N(CC)C3=C2C(=O)CCC3)cc(Br)c1OCC(=O)Nc1ccccc1OC. The molecule has 1 heterocycles. The second kappa shape index (κ2) is 12.5. The molecule has 1 amide bonds. The summed E-state index contributed by atoms with van der Waals surface area (Å²) in [5.41, 5.74) is 4.89. The minimum absolute atomic E-state index is 0.0991. The van der Waals surface area contributed by atoms with Crippen molar-refractivity contribution >= 4 is 39.1 Å². The van der Waals surface area contributed by atoms with Crippen molar-refractivity contribution in [3.63, 3.8) is 0 Å². The van der Waals surface area contributed by atoms with Crippen molar-refractivity contribution < 1.29 is 28.6 Å². The van der Waals surface area contributed by atoms with Gasteiger partial charge in [-0.3, -0.25) is 14.4 Å². The van der Waals surface area contributed by atoms with Crippen LogP contribution in [0.15, 0.2) is 63.4 Å². The van der Waals surface area contributed by atoms with Gasteiger partial charge in [0.1, 0.15) is 5.75 Å². The molecule has 216 valence electrons. The first-order chi connectivity index (χ1) is 19.9. The van der Waals surface area contributed by atoms with Crippen LogP contribution in [0.25, 0.3) is 0 Å². The lowest BCUT2D eigenvalue weighted by atomic mass is 9.71. The number of ether oxygens (including phenoxy) is 3. The molecule has 2 aliphatic carbocycles. The Labute approximate surface area is 248 Å². The van der Waals surface area contributed by atoms with E-state index in [0.717, 1.165) is 60.3 Å². The zero-order valence-electron chi connectivity index (χ0n) is 23.7. The minimum Gasteiger partial charge on any atom is -0.495 e. The normalized spacial score (nSPS) is 17.3. The molecule has 1 N–H and O–H groups in total. The van der Waals surface area contributed by atoms with Gasteiger partial charge in [0.05, 0.1) is 23.9 Å². The summed E-state index contributed by atoms with van der Waals surface area (Å²) < 4.78 is 17.8. The third kappa shape index (κ3) is 5.64. The number of hydrogen-bond acceptors (Lipinski definition) is 7. The molecule has 0 atom stereocenters. The molecule has 1 aliphatic heterocycles. The van der Waals surface area contributed by atoms with Crippen LogP contribution < -0.4 is 19.5 Å². The Hall–Kier alpha value is -3.59. The number of nitrogens with zero attached hydrogens (tertiary/aromatic N) is 1. The number of allylic oxidation sites excluding steroid dienone is 4. The van der Waals surface area contributed by atoms with Crippen LogP contribution in [0.2, 0.25) is 0 Å². The van der Waals surface area contributed by atoms with Gasteiger partial charge in [-0.15, -0.1) is 0 Å². The number of Topliss-reactive ketones (excluding diaryl/α,β-unsaturated/α-hetero) is 2. The molecule has 0 saturated carbocycles. The van der Waals surface area contributed by atoms with E-state index < -0.39 is 5.92 Å². The molecule has 41 heavy (non-hydrogen) atoms. The van der Waals surface area contributed by atoms with Crippen LogP contribution in [-0.4, -0.2) is 49.2 Å². The maximum atomic E-state index is 13.5. The van der Waals surface area contributed by atoms with Crippen molar-refractivity contribution in [2.45, 2.75) is 58.3 Å². The summed E-state index contributed by atoms with van der Waals surface area (Å²) in [6.45, 7) is 4.78. The topological polar surface area (TPSA) is 94.2 Å². The summed E-state index contributed by atoms with van der Waals surface area (Å²) in [4.78, 5) is 41.9. The van der Waals surface area contributed by atoms with Gasteiger partial charge in [0.2, 0.25) is 0 Å². The van der Waals surface area contributed by atoms with Gasteiger partial charge >= 0.3 is 0 Å². The molecule has 3 aliphatic rings. The van der Waals surface area contributed by atoms with Crippen molar-refractivity contribution in [2.75, 3.05) is 32.2 Å². The average Bonchev–Trinajstić information content (AvgIpc) is 2.96. The van der Waals surface area contributed by atoms with Gasteiger partial charge in [0.15, 0.2) is 29.7 Å². The molecular formula is C32H35BrN2O6. The molecular weight excluding hydrogens is 588 g/mol. The Morgan fingerprint density at radius 1 is 0.951 bits per heavy atom. The summed E-state index contributed by atoms with van der Waals surface area (Å²) >= 11 is 3.64. The van der Waals surface area contributed by atoms with Gasteiger partial charge in [-0.2, -0.15) is 0 Å². The second-order valence-electron chi connectivity index (χ2n) is 10.3. The first-order valence-corrected chi connectivity index (χ1v) is 15.0. The zero-order chi connectivity index (χ0) is 29.1. The Kier molecular flexibility index (Phi) is 8.82. The molecule has 5 rings (SSSR count). The first kappa shape index (κ1) is 28.9. The van der Waals surface area contributed by atoms with E-state index >= 15 is 0 Å². The highest BCUT2D eigenvalue weighted by Crippen LogP contribution is 2.51. The van der Waals surface area contributed by atoms with Crippen molar-refractivity contribution in [1.29, 1.82) is 0 Å². The van der Waals surface area contributed by atoms with Gasteiger partial charge in [0, 0.05) is 47.8 Å². The van der Waals surface area contributed by atoms with Gasteiger partial charge in [-0.25, -0.2) is 0 Å². The number of methoxy groups -OCH3 is 1. The maximum absolute atomic E-state index is 13.5.